The maximum atomic E-state index is 3.96. The van der Waals surface area contributed by atoms with Crippen LogP contribution in [0.25, 0.3) is 0 Å². The monoisotopic (exact) mass is 151 g/mol. The van der Waals surface area contributed by atoms with Crippen molar-refractivity contribution in [3.8, 4) is 0 Å². The molecule has 0 aliphatic heterocycles. The minimum Gasteiger partial charge on any atom is -0.303 e. The van der Waals surface area contributed by atoms with E-state index < -0.39 is 0 Å². The summed E-state index contributed by atoms with van der Waals surface area (Å²) >= 11 is 0. The molecular formula is C10H17N. The van der Waals surface area contributed by atoms with Gasteiger partial charge in [-0.2, -0.15) is 0 Å². The summed E-state index contributed by atoms with van der Waals surface area (Å²) in [6.45, 7) is 6.15. The lowest BCUT2D eigenvalue weighted by atomic mass is 9.92. The fourth-order valence-corrected chi connectivity index (χ4v) is 1.71. The quantitative estimate of drug-likeness (QED) is 0.555. The Kier molecular flexibility index (Phi) is 2.50. The number of nitrogens with zero attached hydrogens (tertiary/aromatic N) is 1. The first-order chi connectivity index (χ1) is 5.11. The molecule has 0 bridgehead atoms. The molecule has 0 fully saturated rings. The lowest BCUT2D eigenvalue weighted by Crippen LogP contribution is -2.30. The first-order valence-electron chi connectivity index (χ1n) is 4.13. The molecule has 0 saturated heterocycles. The fourth-order valence-electron chi connectivity index (χ4n) is 1.71. The smallest absolute Gasteiger partial charge is 0.0305 e. The first-order valence-corrected chi connectivity index (χ1v) is 4.13. The highest BCUT2D eigenvalue weighted by Crippen LogP contribution is 2.23. The zero-order valence-corrected chi connectivity index (χ0v) is 7.72. The summed E-state index contributed by atoms with van der Waals surface area (Å²) < 4.78 is 0. The van der Waals surface area contributed by atoms with E-state index in [2.05, 4.69) is 38.6 Å². The lowest BCUT2D eigenvalue weighted by molar-refractivity contribution is 0.310. The van der Waals surface area contributed by atoms with Crippen LogP contribution in [0.2, 0.25) is 0 Å². The van der Waals surface area contributed by atoms with E-state index in [0.717, 1.165) is 6.42 Å². The average Bonchev–Trinajstić information content (AvgIpc) is 1.85. The highest BCUT2D eigenvalue weighted by atomic mass is 15.1. The van der Waals surface area contributed by atoms with Crippen LogP contribution in [0.3, 0.4) is 0 Å². The van der Waals surface area contributed by atoms with Crippen LogP contribution in [0.1, 0.15) is 19.8 Å². The van der Waals surface area contributed by atoms with Crippen molar-refractivity contribution in [3.05, 3.63) is 23.8 Å². The molecule has 0 heterocycles. The molecule has 62 valence electrons. The second kappa shape index (κ2) is 3.22. The average molecular weight is 151 g/mol. The summed E-state index contributed by atoms with van der Waals surface area (Å²) in [5.41, 5.74) is 2.73. The van der Waals surface area contributed by atoms with Crippen molar-refractivity contribution in [2.24, 2.45) is 0 Å². The molecule has 1 rings (SSSR count). The number of rotatable bonds is 1. The Hall–Kier alpha value is -0.560. The number of hydrogen-bond donors (Lipinski definition) is 0. The fraction of sp³-hybridized carbons (Fsp3) is 0.600. The van der Waals surface area contributed by atoms with Crippen LogP contribution >= 0.6 is 0 Å². The van der Waals surface area contributed by atoms with Gasteiger partial charge in [0.1, 0.15) is 0 Å². The molecule has 1 aliphatic carbocycles. The van der Waals surface area contributed by atoms with Crippen LogP contribution in [0.15, 0.2) is 23.8 Å². The molecule has 0 N–H and O–H groups in total. The van der Waals surface area contributed by atoms with E-state index in [4.69, 9.17) is 0 Å². The molecule has 1 aliphatic rings. The van der Waals surface area contributed by atoms with Crippen LogP contribution in [-0.2, 0) is 0 Å². The third-order valence-corrected chi connectivity index (χ3v) is 2.32. The van der Waals surface area contributed by atoms with Gasteiger partial charge < -0.3 is 4.90 Å². The largest absolute Gasteiger partial charge is 0.303 e. The van der Waals surface area contributed by atoms with Crippen LogP contribution in [0.4, 0.5) is 0 Å². The van der Waals surface area contributed by atoms with E-state index in [1.165, 1.54) is 17.6 Å². The summed E-state index contributed by atoms with van der Waals surface area (Å²) in [5.74, 6) is 0. The normalized spacial score (nSPS) is 25.6. The first kappa shape index (κ1) is 8.54. The maximum absolute atomic E-state index is 3.96. The van der Waals surface area contributed by atoms with Gasteiger partial charge in [0.25, 0.3) is 0 Å². The van der Waals surface area contributed by atoms with Crippen LogP contribution in [-0.4, -0.2) is 25.0 Å². The Bertz CT molecular complexity index is 189. The van der Waals surface area contributed by atoms with Gasteiger partial charge in [-0.1, -0.05) is 23.8 Å². The summed E-state index contributed by atoms with van der Waals surface area (Å²) in [7, 11) is 4.27. The van der Waals surface area contributed by atoms with Gasteiger partial charge in [0.2, 0.25) is 0 Å². The molecule has 1 nitrogen and oxygen atoms in total. The second-order valence-electron chi connectivity index (χ2n) is 3.56. The van der Waals surface area contributed by atoms with E-state index >= 15 is 0 Å². The molecule has 0 saturated carbocycles. The minimum atomic E-state index is 0.639. The summed E-state index contributed by atoms with van der Waals surface area (Å²) in [6, 6.07) is 0.639. The molecule has 1 unspecified atom stereocenters. The minimum absolute atomic E-state index is 0.639. The molecule has 0 aromatic carbocycles. The highest BCUT2D eigenvalue weighted by molar-refractivity contribution is 5.27. The Labute approximate surface area is 69.4 Å². The highest BCUT2D eigenvalue weighted by Gasteiger charge is 2.16. The number of allylic oxidation sites excluding steroid dienone is 2. The topological polar surface area (TPSA) is 3.24 Å². The summed E-state index contributed by atoms with van der Waals surface area (Å²) in [5, 5.41) is 0. The Morgan fingerprint density at radius 1 is 1.55 bits per heavy atom. The van der Waals surface area contributed by atoms with Gasteiger partial charge in [0, 0.05) is 6.04 Å². The molecular weight excluding hydrogens is 134 g/mol. The van der Waals surface area contributed by atoms with Crippen molar-refractivity contribution < 1.29 is 0 Å². The van der Waals surface area contributed by atoms with Gasteiger partial charge in [-0.3, -0.25) is 0 Å². The summed E-state index contributed by atoms with van der Waals surface area (Å²) in [4.78, 5) is 2.28. The Balaban J connectivity index is 2.72. The summed E-state index contributed by atoms with van der Waals surface area (Å²) in [6.07, 6.45) is 4.60. The molecule has 0 aromatic rings. The van der Waals surface area contributed by atoms with E-state index in [1.54, 1.807) is 0 Å². The zero-order valence-electron chi connectivity index (χ0n) is 7.72. The molecule has 0 spiro atoms. The van der Waals surface area contributed by atoms with Crippen LogP contribution in [0.5, 0.6) is 0 Å². The van der Waals surface area contributed by atoms with Gasteiger partial charge in [0.05, 0.1) is 0 Å². The van der Waals surface area contributed by atoms with Crippen molar-refractivity contribution in [1.82, 2.24) is 4.90 Å². The van der Waals surface area contributed by atoms with Crippen molar-refractivity contribution in [2.45, 2.75) is 25.8 Å². The van der Waals surface area contributed by atoms with Crippen LogP contribution < -0.4 is 0 Å². The van der Waals surface area contributed by atoms with E-state index in [-0.39, 0.29) is 0 Å². The van der Waals surface area contributed by atoms with Gasteiger partial charge in [0.15, 0.2) is 0 Å². The Morgan fingerprint density at radius 3 is 2.64 bits per heavy atom. The van der Waals surface area contributed by atoms with Crippen molar-refractivity contribution in [3.63, 3.8) is 0 Å². The zero-order chi connectivity index (χ0) is 8.43. The van der Waals surface area contributed by atoms with E-state index in [1.807, 2.05) is 0 Å². The Morgan fingerprint density at radius 2 is 2.18 bits per heavy atom. The standard InChI is InChI=1S/C10H17N/c1-8-5-6-10(11(3)4)9(2)7-8/h7,10H,1,5-6H2,2-4H3. The van der Waals surface area contributed by atoms with E-state index in [0.29, 0.717) is 6.04 Å². The molecule has 11 heavy (non-hydrogen) atoms. The van der Waals surface area contributed by atoms with Gasteiger partial charge >= 0.3 is 0 Å². The molecule has 1 heteroatoms. The third kappa shape index (κ3) is 1.93. The van der Waals surface area contributed by atoms with Gasteiger partial charge in [-0.15, -0.1) is 0 Å². The van der Waals surface area contributed by atoms with Gasteiger partial charge in [-0.05, 0) is 33.9 Å². The number of likely N-dealkylation sites (N-methyl/N-ethyl adjacent to an activating group) is 1. The molecule has 1 atom stereocenters. The lowest BCUT2D eigenvalue weighted by Gasteiger charge is -2.28. The van der Waals surface area contributed by atoms with Crippen molar-refractivity contribution >= 4 is 0 Å². The maximum Gasteiger partial charge on any atom is 0.0305 e. The molecule has 0 aromatic heterocycles. The second-order valence-corrected chi connectivity index (χ2v) is 3.56. The van der Waals surface area contributed by atoms with E-state index in [9.17, 15) is 0 Å². The van der Waals surface area contributed by atoms with Crippen LogP contribution in [0, 0.1) is 0 Å². The SMILES string of the molecule is C=C1C=C(C)C(N(C)C)CC1. The van der Waals surface area contributed by atoms with Crippen molar-refractivity contribution in [2.75, 3.05) is 14.1 Å². The number of hydrogen-bond acceptors (Lipinski definition) is 1. The van der Waals surface area contributed by atoms with Crippen molar-refractivity contribution in [1.29, 1.82) is 0 Å². The molecule has 0 radical (unpaired) electrons. The predicted octanol–water partition coefficient (Wildman–Crippen LogP) is 2.21. The third-order valence-electron chi connectivity index (χ3n) is 2.32. The van der Waals surface area contributed by atoms with Gasteiger partial charge in [-0.25, -0.2) is 0 Å². The molecule has 0 amide bonds. The predicted molar refractivity (Wildman–Crippen MR) is 49.6 cm³/mol.